The normalized spacial score (nSPS) is 17.8. The molecule has 9 atom stereocenters. The molecule has 7 N–H and O–H groups in total. The molecule has 10 amide bonds. The van der Waals surface area contributed by atoms with Crippen molar-refractivity contribution in [1.82, 2.24) is 46.2 Å². The fraction of sp³-hybridized carbons (Fsp3) is 0.672. The van der Waals surface area contributed by atoms with E-state index in [1.54, 1.807) is 84.2 Å². The molecule has 2 saturated heterocycles. The molecule has 1 aliphatic carbocycles. The summed E-state index contributed by atoms with van der Waals surface area (Å²) in [4.78, 5) is 144. The fourth-order valence-electron chi connectivity index (χ4n) is 12.5. The molecule has 94 heavy (non-hydrogen) atoms. The summed E-state index contributed by atoms with van der Waals surface area (Å²) < 4.78 is 46.0. The van der Waals surface area contributed by atoms with E-state index in [1.807, 2.05) is 55.4 Å². The van der Waals surface area contributed by atoms with Crippen molar-refractivity contribution in [1.29, 1.82) is 0 Å². The molecule has 0 radical (unpaired) electrons. The number of carbonyl (C=O) groups is 10. The summed E-state index contributed by atoms with van der Waals surface area (Å²) in [6.07, 6.45) is 1.69. The van der Waals surface area contributed by atoms with Crippen LogP contribution >= 0.6 is 0 Å². The van der Waals surface area contributed by atoms with Gasteiger partial charge in [-0.2, -0.15) is 0 Å². The van der Waals surface area contributed by atoms with Crippen LogP contribution in [0.15, 0.2) is 48.5 Å². The highest BCUT2D eigenvalue weighted by atomic mass is 32.2. The average molecular weight is 1340 g/mol. The molecular weight excluding hydrogens is 1230 g/mol. The molecule has 27 heteroatoms. The Bertz CT molecular complexity index is 3000. The number of hydrogen-bond donors (Lipinski definition) is 7. The van der Waals surface area contributed by atoms with Gasteiger partial charge in [0.15, 0.2) is 6.61 Å². The second-order valence-corrected chi connectivity index (χ2v) is 28.3. The number of hydrogen-bond acceptors (Lipinski definition) is 16. The number of likely N-dealkylation sites (tertiary alicyclic amines) is 2. The van der Waals surface area contributed by atoms with Gasteiger partial charge in [-0.15, -0.1) is 0 Å². The molecule has 524 valence electrons. The van der Waals surface area contributed by atoms with Crippen LogP contribution in [-0.4, -0.2) is 184 Å². The molecule has 0 spiro atoms. The maximum Gasteiger partial charge on any atom is 0.281 e. The van der Waals surface area contributed by atoms with Gasteiger partial charge in [0.05, 0.1) is 48.5 Å². The number of methoxy groups -OCH3 is 2. The maximum atomic E-state index is 14.6. The van der Waals surface area contributed by atoms with Gasteiger partial charge in [-0.3, -0.25) is 57.5 Å². The quantitative estimate of drug-likeness (QED) is 0.0471. The van der Waals surface area contributed by atoms with Crippen LogP contribution in [0, 0.1) is 41.4 Å². The van der Waals surface area contributed by atoms with Crippen molar-refractivity contribution >= 4 is 74.8 Å². The number of nitrogens with zero attached hydrogens (tertiary/aromatic N) is 3. The summed E-state index contributed by atoms with van der Waals surface area (Å²) in [5, 5.41) is 13.1. The van der Waals surface area contributed by atoms with E-state index >= 15 is 0 Å². The zero-order valence-electron chi connectivity index (χ0n) is 57.4. The maximum absolute atomic E-state index is 14.6. The molecule has 2 aromatic carbocycles. The Morgan fingerprint density at radius 3 is 1.87 bits per heavy atom. The van der Waals surface area contributed by atoms with Crippen LogP contribution in [-0.2, 0) is 85.3 Å². The van der Waals surface area contributed by atoms with Crippen LogP contribution < -0.4 is 41.5 Å². The average Bonchev–Trinajstić information content (AvgIpc) is 1.56. The lowest BCUT2D eigenvalue weighted by Gasteiger charge is -2.41. The lowest BCUT2D eigenvalue weighted by atomic mass is 9.84. The number of nitrogens with one attached hydrogen (secondary N) is 7. The summed E-state index contributed by atoms with van der Waals surface area (Å²) >= 11 is 0. The Labute approximate surface area is 554 Å². The molecule has 1 saturated carbocycles. The van der Waals surface area contributed by atoms with Crippen molar-refractivity contribution in [2.24, 2.45) is 41.4 Å². The van der Waals surface area contributed by atoms with E-state index in [0.29, 0.717) is 81.4 Å². The van der Waals surface area contributed by atoms with Gasteiger partial charge in [0, 0.05) is 84.7 Å². The number of carbonyl (C=O) groups excluding carboxylic acids is 10. The van der Waals surface area contributed by atoms with Crippen molar-refractivity contribution in [3.05, 3.63) is 59.7 Å². The van der Waals surface area contributed by atoms with E-state index in [4.69, 9.17) is 19.0 Å². The molecule has 2 heterocycles. The lowest BCUT2D eigenvalue weighted by molar-refractivity contribution is -0.148. The first-order valence-corrected chi connectivity index (χ1v) is 34.6. The first kappa shape index (κ1) is 77.5. The van der Waals surface area contributed by atoms with E-state index < -0.39 is 99.8 Å². The highest BCUT2D eigenvalue weighted by Crippen LogP contribution is 2.32. The SMILES string of the molecule is CC[C@H](C)[C@@H]([C@@H](CC(=O)N1CCC[C@H]1[C@H](OC)[C@@H](C)C(=O)N[C@@H](Cc1ccc(OCC(=O)NOCc2ccc(NC(=O)[C@H](C)NC(=O)CCC(=O)N3CCC(C(=O)NC)CC3)cc2)cc1)C(=O)NS(=O)(=O)C1CC1)OC)N(C)C(=O)[C@@H](NC(=O)C(C(C)C)C(C)C)C(C)C. The summed E-state index contributed by atoms with van der Waals surface area (Å²) in [6, 6.07) is 8.66. The number of benzene rings is 2. The van der Waals surface area contributed by atoms with Gasteiger partial charge < -0.3 is 55.5 Å². The summed E-state index contributed by atoms with van der Waals surface area (Å²) in [5.74, 6) is -5.44. The van der Waals surface area contributed by atoms with Gasteiger partial charge in [-0.25, -0.2) is 13.9 Å². The number of amides is 10. The van der Waals surface area contributed by atoms with Crippen LogP contribution in [0.5, 0.6) is 5.75 Å². The summed E-state index contributed by atoms with van der Waals surface area (Å²) in [5.41, 5.74) is 3.91. The number of sulfonamides is 1. The molecule has 2 aromatic rings. The summed E-state index contributed by atoms with van der Waals surface area (Å²) in [6.45, 7) is 19.6. The van der Waals surface area contributed by atoms with Crippen LogP contribution in [0.2, 0.25) is 0 Å². The Balaban J connectivity index is 1.13. The standard InChI is InChI=1S/C67H104N10O16S/c1-15-42(8)60(75(12)67(87)59(41(6)7)72-66(86)58(39(2)3)40(4)5)53(90-13)36-57(81)77-32-16-17-52(77)61(91-14)43(9)62(82)71-51(65(85)74-94(88,89)50-26-27-50)35-45-20-24-49(25-21-45)92-38-55(79)73-93-37-46-18-22-48(23-19-46)70-63(83)44(10)69-54(78)28-29-56(80)76-33-30-47(31-34-76)64(84)68-11/h18-25,39-44,47,50-53,58-61H,15-17,26-38H2,1-14H3,(H,68,84)(H,69,78)(H,70,83)(H,71,82)(H,72,86)(H,73,79)(H,74,85)/t42-,43+,44-,51-,52-,53+,59-,60-,61+/m0/s1. The molecule has 0 bridgehead atoms. The number of likely N-dealkylation sites (N-methyl/N-ethyl adjacent to an activating group) is 1. The highest BCUT2D eigenvalue weighted by Gasteiger charge is 2.45. The lowest BCUT2D eigenvalue weighted by Crippen LogP contribution is -2.58. The van der Waals surface area contributed by atoms with Crippen LogP contribution in [0.3, 0.4) is 0 Å². The Hall–Kier alpha value is -7.23. The Morgan fingerprint density at radius 1 is 0.681 bits per heavy atom. The van der Waals surface area contributed by atoms with Gasteiger partial charge in [0.1, 0.15) is 23.9 Å². The number of hydroxylamine groups is 1. The van der Waals surface area contributed by atoms with Gasteiger partial charge in [-0.1, -0.05) is 93.0 Å². The third-order valence-electron chi connectivity index (χ3n) is 18.2. The molecule has 0 aromatic heterocycles. The van der Waals surface area contributed by atoms with Gasteiger partial charge >= 0.3 is 0 Å². The Morgan fingerprint density at radius 2 is 1.31 bits per heavy atom. The number of piperidine rings is 1. The minimum atomic E-state index is -4.03. The van der Waals surface area contributed by atoms with Crippen LogP contribution in [0.4, 0.5) is 5.69 Å². The molecule has 5 rings (SSSR count). The van der Waals surface area contributed by atoms with Crippen molar-refractivity contribution in [2.75, 3.05) is 59.9 Å². The van der Waals surface area contributed by atoms with Crippen molar-refractivity contribution in [3.8, 4) is 5.75 Å². The molecule has 3 aliphatic rings. The first-order valence-electron chi connectivity index (χ1n) is 33.0. The van der Waals surface area contributed by atoms with Gasteiger partial charge in [0.2, 0.25) is 57.3 Å². The summed E-state index contributed by atoms with van der Waals surface area (Å²) in [7, 11) is 2.19. The highest BCUT2D eigenvalue weighted by molar-refractivity contribution is 7.90. The van der Waals surface area contributed by atoms with E-state index in [-0.39, 0.29) is 103 Å². The van der Waals surface area contributed by atoms with Crippen LogP contribution in [0.1, 0.15) is 145 Å². The zero-order valence-corrected chi connectivity index (χ0v) is 58.2. The minimum Gasteiger partial charge on any atom is -0.484 e. The smallest absolute Gasteiger partial charge is 0.281 e. The van der Waals surface area contributed by atoms with Gasteiger partial charge in [-0.05, 0) is 105 Å². The van der Waals surface area contributed by atoms with Crippen molar-refractivity contribution in [3.63, 3.8) is 0 Å². The van der Waals surface area contributed by atoms with E-state index in [9.17, 15) is 56.4 Å². The van der Waals surface area contributed by atoms with E-state index in [0.717, 1.165) is 0 Å². The largest absolute Gasteiger partial charge is 0.484 e. The van der Waals surface area contributed by atoms with Crippen molar-refractivity contribution in [2.45, 2.75) is 194 Å². The minimum absolute atomic E-state index is 0.0204. The number of ether oxygens (including phenoxy) is 3. The van der Waals surface area contributed by atoms with E-state index in [2.05, 4.69) is 36.8 Å². The van der Waals surface area contributed by atoms with Crippen molar-refractivity contribution < 1.29 is 75.4 Å². The molecular formula is C67H104N10O16S. The van der Waals surface area contributed by atoms with E-state index in [1.165, 1.54) is 21.1 Å². The third-order valence-corrected chi connectivity index (χ3v) is 20.1. The molecule has 2 aliphatic heterocycles. The van der Waals surface area contributed by atoms with Gasteiger partial charge in [0.25, 0.3) is 11.8 Å². The predicted octanol–water partition coefficient (Wildman–Crippen LogP) is 4.15. The molecule has 3 fully saturated rings. The monoisotopic (exact) mass is 1340 g/mol. The molecule has 26 nitrogen and oxygen atoms in total. The number of rotatable bonds is 36. The second-order valence-electron chi connectivity index (χ2n) is 26.3. The third kappa shape index (κ3) is 22.5. The Kier molecular flexibility index (Phi) is 30.2. The zero-order chi connectivity index (χ0) is 69.7. The molecule has 0 unspecified atom stereocenters. The topological polar surface area (TPSA) is 336 Å². The fourth-order valence-corrected chi connectivity index (χ4v) is 13.8. The van der Waals surface area contributed by atoms with Crippen LogP contribution in [0.25, 0.3) is 0 Å². The number of anilines is 1. The predicted molar refractivity (Wildman–Crippen MR) is 352 cm³/mol. The first-order chi connectivity index (χ1) is 44.4. The second kappa shape index (κ2) is 36.6.